The Bertz CT molecular complexity index is 1220. The number of benzene rings is 3. The van der Waals surface area contributed by atoms with Gasteiger partial charge in [0.05, 0.1) is 18.0 Å². The van der Waals surface area contributed by atoms with Crippen LogP contribution >= 0.6 is 0 Å². The molecule has 0 radical (unpaired) electrons. The Labute approximate surface area is 193 Å². The highest BCUT2D eigenvalue weighted by molar-refractivity contribution is 6.06. The maximum atomic E-state index is 13.4. The Hall–Kier alpha value is -3.93. The van der Waals surface area contributed by atoms with Gasteiger partial charge in [0.25, 0.3) is 11.8 Å². The normalized spacial score (nSPS) is 15.7. The van der Waals surface area contributed by atoms with E-state index in [1.54, 1.807) is 6.92 Å². The molecule has 0 bridgehead atoms. The van der Waals surface area contributed by atoms with Crippen LogP contribution in [0.3, 0.4) is 0 Å². The maximum absolute atomic E-state index is 13.4. The molecule has 2 N–H and O–H groups in total. The highest BCUT2D eigenvalue weighted by Crippen LogP contribution is 2.39. The minimum absolute atomic E-state index is 0.183. The first kappa shape index (κ1) is 22.3. The van der Waals surface area contributed by atoms with Crippen molar-refractivity contribution in [3.8, 4) is 11.1 Å². The molecule has 6 heteroatoms. The highest BCUT2D eigenvalue weighted by Gasteiger charge is 2.33. The molecule has 0 saturated heterocycles. The average molecular weight is 442 g/mol. The number of amides is 3. The van der Waals surface area contributed by atoms with Crippen LogP contribution in [0.25, 0.3) is 11.1 Å². The molecule has 3 aromatic rings. The van der Waals surface area contributed by atoms with Gasteiger partial charge in [-0.25, -0.2) is 5.01 Å². The van der Waals surface area contributed by atoms with Crippen LogP contribution in [0.15, 0.2) is 72.8 Å². The van der Waals surface area contributed by atoms with Crippen LogP contribution < -0.4 is 15.8 Å². The van der Waals surface area contributed by atoms with Gasteiger partial charge in [-0.3, -0.25) is 19.8 Å². The van der Waals surface area contributed by atoms with Crippen molar-refractivity contribution in [2.24, 2.45) is 0 Å². The zero-order valence-electron chi connectivity index (χ0n) is 19.0. The van der Waals surface area contributed by atoms with Gasteiger partial charge >= 0.3 is 0 Å². The first-order chi connectivity index (χ1) is 15.9. The molecule has 0 aliphatic carbocycles. The zero-order valence-corrected chi connectivity index (χ0v) is 19.0. The predicted octanol–water partition coefficient (Wildman–Crippen LogP) is 3.89. The molecule has 0 fully saturated rings. The number of carbonyl (C=O) groups is 3. The van der Waals surface area contributed by atoms with E-state index in [2.05, 4.69) is 10.7 Å². The summed E-state index contributed by atoms with van der Waals surface area (Å²) >= 11 is 0. The van der Waals surface area contributed by atoms with Crippen molar-refractivity contribution in [3.05, 3.63) is 89.5 Å². The van der Waals surface area contributed by atoms with E-state index in [4.69, 9.17) is 0 Å². The number of nitrogens with zero attached hydrogens (tertiary/aromatic N) is 1. The Kier molecular flexibility index (Phi) is 6.27. The third-order valence-corrected chi connectivity index (χ3v) is 6.06. The molecule has 1 aliphatic rings. The number of nitrogens with one attached hydrogen (secondary N) is 2. The number of rotatable bonds is 5. The fourth-order valence-corrected chi connectivity index (χ4v) is 4.12. The average Bonchev–Trinajstić information content (AvgIpc) is 2.90. The van der Waals surface area contributed by atoms with E-state index >= 15 is 0 Å². The van der Waals surface area contributed by atoms with Crippen LogP contribution in [0.2, 0.25) is 0 Å². The summed E-state index contributed by atoms with van der Waals surface area (Å²) in [5, 5.41) is 4.05. The molecule has 3 aromatic carbocycles. The molecule has 1 aliphatic heterocycles. The first-order valence-electron chi connectivity index (χ1n) is 11.0. The molecule has 33 heavy (non-hydrogen) atoms. The SMILES string of the molecule is Cc1ccccc1CC(=O)N[C@@H](C)C(=O)NN1C(=O)C(C)c2ccccc2-c2ccccc21. The molecule has 6 nitrogen and oxygen atoms in total. The molecule has 3 amide bonds. The van der Waals surface area contributed by atoms with Crippen LogP contribution in [0.1, 0.15) is 36.5 Å². The lowest BCUT2D eigenvalue weighted by Crippen LogP contribution is -2.54. The number of hydrogen-bond donors (Lipinski definition) is 2. The Morgan fingerprint density at radius 3 is 2.33 bits per heavy atom. The quantitative estimate of drug-likeness (QED) is 0.631. The monoisotopic (exact) mass is 441 g/mol. The molecule has 0 spiro atoms. The van der Waals surface area contributed by atoms with Gasteiger partial charge in [0.1, 0.15) is 6.04 Å². The summed E-state index contributed by atoms with van der Waals surface area (Å²) in [4.78, 5) is 38.9. The summed E-state index contributed by atoms with van der Waals surface area (Å²) in [5.74, 6) is -1.40. The lowest BCUT2D eigenvalue weighted by atomic mass is 9.92. The number of hydrazine groups is 1. The Balaban J connectivity index is 1.53. The predicted molar refractivity (Wildman–Crippen MR) is 128 cm³/mol. The Morgan fingerprint density at radius 2 is 1.58 bits per heavy atom. The smallest absolute Gasteiger partial charge is 0.261 e. The van der Waals surface area contributed by atoms with Crippen LogP contribution in [0.4, 0.5) is 5.69 Å². The Morgan fingerprint density at radius 1 is 0.939 bits per heavy atom. The molecule has 1 heterocycles. The van der Waals surface area contributed by atoms with Gasteiger partial charge in [-0.15, -0.1) is 0 Å². The zero-order chi connectivity index (χ0) is 23.5. The summed E-state index contributed by atoms with van der Waals surface area (Å²) in [6.07, 6.45) is 0.183. The minimum atomic E-state index is -0.817. The van der Waals surface area contributed by atoms with Gasteiger partial charge in [0, 0.05) is 5.56 Å². The van der Waals surface area contributed by atoms with Gasteiger partial charge in [0.15, 0.2) is 0 Å². The highest BCUT2D eigenvalue weighted by atomic mass is 16.2. The van der Waals surface area contributed by atoms with Gasteiger partial charge in [-0.2, -0.15) is 0 Å². The second kappa shape index (κ2) is 9.28. The van der Waals surface area contributed by atoms with E-state index in [9.17, 15) is 14.4 Å². The van der Waals surface area contributed by atoms with Crippen molar-refractivity contribution in [1.82, 2.24) is 10.7 Å². The van der Waals surface area contributed by atoms with Crippen molar-refractivity contribution in [2.45, 2.75) is 39.2 Å². The van der Waals surface area contributed by atoms with Gasteiger partial charge < -0.3 is 5.32 Å². The van der Waals surface area contributed by atoms with Crippen molar-refractivity contribution >= 4 is 23.4 Å². The second-order valence-electron chi connectivity index (χ2n) is 8.37. The largest absolute Gasteiger partial charge is 0.344 e. The third kappa shape index (κ3) is 4.51. The van der Waals surface area contributed by atoms with E-state index < -0.39 is 17.9 Å². The van der Waals surface area contributed by atoms with E-state index in [1.165, 1.54) is 5.01 Å². The van der Waals surface area contributed by atoms with Crippen molar-refractivity contribution in [3.63, 3.8) is 0 Å². The fraction of sp³-hybridized carbons (Fsp3) is 0.222. The van der Waals surface area contributed by atoms with E-state index in [1.807, 2.05) is 86.6 Å². The van der Waals surface area contributed by atoms with E-state index in [0.29, 0.717) is 5.69 Å². The number of hydrogen-bond acceptors (Lipinski definition) is 3. The van der Waals surface area contributed by atoms with Crippen LogP contribution in [0, 0.1) is 6.92 Å². The number of anilines is 1. The first-order valence-corrected chi connectivity index (χ1v) is 11.0. The third-order valence-electron chi connectivity index (χ3n) is 6.06. The van der Waals surface area contributed by atoms with E-state index in [0.717, 1.165) is 27.8 Å². The van der Waals surface area contributed by atoms with Crippen LogP contribution in [-0.2, 0) is 20.8 Å². The number of fused-ring (bicyclic) bond motifs is 3. The van der Waals surface area contributed by atoms with Gasteiger partial charge in [0.2, 0.25) is 5.91 Å². The lowest BCUT2D eigenvalue weighted by molar-refractivity contribution is -0.130. The van der Waals surface area contributed by atoms with Crippen molar-refractivity contribution in [2.75, 3.05) is 5.01 Å². The molecule has 168 valence electrons. The summed E-state index contributed by atoms with van der Waals surface area (Å²) in [6, 6.07) is 22.1. The standard InChI is InChI=1S/C27H27N3O3/c1-17-10-4-5-11-20(17)16-25(31)28-19(3)26(32)29-30-24-15-9-8-14-23(24)22-13-7-6-12-21(22)18(2)27(30)33/h4-15,18-19H,16H2,1-3H3,(H,28,31)(H,29,32)/t18?,19-/m0/s1. The summed E-state index contributed by atoms with van der Waals surface area (Å²) in [7, 11) is 0. The summed E-state index contributed by atoms with van der Waals surface area (Å²) in [5.41, 5.74) is 8.01. The van der Waals surface area contributed by atoms with E-state index in [-0.39, 0.29) is 18.2 Å². The molecular weight excluding hydrogens is 414 g/mol. The summed E-state index contributed by atoms with van der Waals surface area (Å²) in [6.45, 7) is 5.39. The van der Waals surface area contributed by atoms with Gasteiger partial charge in [-0.05, 0) is 49.1 Å². The van der Waals surface area contributed by atoms with Crippen molar-refractivity contribution in [1.29, 1.82) is 0 Å². The molecular formula is C27H27N3O3. The molecule has 0 saturated carbocycles. The topological polar surface area (TPSA) is 78.5 Å². The number of para-hydroxylation sites is 1. The maximum Gasteiger partial charge on any atom is 0.261 e. The molecule has 2 atom stereocenters. The fourth-order valence-electron chi connectivity index (χ4n) is 4.12. The van der Waals surface area contributed by atoms with Crippen LogP contribution in [0.5, 0.6) is 0 Å². The molecule has 0 aromatic heterocycles. The van der Waals surface area contributed by atoms with Gasteiger partial charge in [-0.1, -0.05) is 66.7 Å². The van der Waals surface area contributed by atoms with Crippen LogP contribution in [-0.4, -0.2) is 23.8 Å². The number of carbonyl (C=O) groups excluding carboxylic acids is 3. The second-order valence-corrected chi connectivity index (χ2v) is 8.37. The minimum Gasteiger partial charge on any atom is -0.344 e. The number of aryl methyl sites for hydroxylation is 1. The lowest BCUT2D eigenvalue weighted by Gasteiger charge is -2.27. The summed E-state index contributed by atoms with van der Waals surface area (Å²) < 4.78 is 0. The molecule has 1 unspecified atom stereocenters. The molecule has 4 rings (SSSR count). The van der Waals surface area contributed by atoms with Crippen molar-refractivity contribution < 1.29 is 14.4 Å².